The van der Waals surface area contributed by atoms with Crippen molar-refractivity contribution in [2.75, 3.05) is 13.1 Å². The third-order valence-electron chi connectivity index (χ3n) is 4.93. The van der Waals surface area contributed by atoms with E-state index in [1.807, 2.05) is 17.2 Å². The summed E-state index contributed by atoms with van der Waals surface area (Å²) in [5.74, 6) is 0.620. The first kappa shape index (κ1) is 15.7. The number of carbonyl (C=O) groups excluding carboxylic acids is 1. The van der Waals surface area contributed by atoms with E-state index in [-0.39, 0.29) is 5.91 Å². The van der Waals surface area contributed by atoms with Gasteiger partial charge < -0.3 is 4.90 Å². The van der Waals surface area contributed by atoms with Crippen molar-refractivity contribution in [2.24, 2.45) is 5.92 Å². The molecule has 1 fully saturated rings. The van der Waals surface area contributed by atoms with Crippen LogP contribution in [0.25, 0.3) is 10.9 Å². The number of aromatic nitrogens is 3. The van der Waals surface area contributed by atoms with Crippen molar-refractivity contribution >= 4 is 16.8 Å². The van der Waals surface area contributed by atoms with E-state index in [0.29, 0.717) is 11.5 Å². The van der Waals surface area contributed by atoms with Crippen molar-refractivity contribution < 1.29 is 4.79 Å². The van der Waals surface area contributed by atoms with Gasteiger partial charge in [0.1, 0.15) is 6.33 Å². The summed E-state index contributed by atoms with van der Waals surface area (Å²) in [6.07, 6.45) is 9.53. The van der Waals surface area contributed by atoms with Crippen LogP contribution in [0, 0.1) is 5.92 Å². The Labute approximate surface area is 146 Å². The minimum Gasteiger partial charge on any atom is -0.339 e. The molecule has 1 amide bonds. The Morgan fingerprint density at radius 1 is 1.08 bits per heavy atom. The zero-order valence-corrected chi connectivity index (χ0v) is 14.0. The minimum atomic E-state index is 0.0332. The molecule has 0 bridgehead atoms. The average Bonchev–Trinajstić information content (AvgIpc) is 2.69. The first-order chi connectivity index (χ1) is 12.3. The van der Waals surface area contributed by atoms with Gasteiger partial charge in [0, 0.05) is 37.1 Å². The molecule has 0 atom stereocenters. The van der Waals surface area contributed by atoms with Crippen LogP contribution in [0.15, 0.2) is 55.2 Å². The standard InChI is InChI=1S/C20H20N4O/c25-20(18-12-21-14-22-13-18)24-9-6-15(7-10-24)11-17-4-1-3-16-5-2-8-23-19(16)17/h1-5,8,12-15H,6-7,9-11H2. The van der Waals surface area contributed by atoms with Gasteiger partial charge in [-0.3, -0.25) is 9.78 Å². The molecule has 0 aliphatic carbocycles. The zero-order chi connectivity index (χ0) is 17.1. The summed E-state index contributed by atoms with van der Waals surface area (Å²) in [4.78, 5) is 26.8. The van der Waals surface area contributed by atoms with E-state index in [1.54, 1.807) is 12.4 Å². The van der Waals surface area contributed by atoms with Gasteiger partial charge in [-0.25, -0.2) is 9.97 Å². The van der Waals surface area contributed by atoms with Crippen LogP contribution in [0.4, 0.5) is 0 Å². The number of hydrogen-bond donors (Lipinski definition) is 0. The number of pyridine rings is 1. The summed E-state index contributed by atoms with van der Waals surface area (Å²) < 4.78 is 0. The maximum Gasteiger partial charge on any atom is 0.256 e. The van der Waals surface area contributed by atoms with Crippen molar-refractivity contribution in [2.45, 2.75) is 19.3 Å². The van der Waals surface area contributed by atoms with E-state index in [4.69, 9.17) is 0 Å². The van der Waals surface area contributed by atoms with E-state index in [0.717, 1.165) is 37.9 Å². The molecule has 5 nitrogen and oxygen atoms in total. The number of hydrogen-bond acceptors (Lipinski definition) is 4. The summed E-state index contributed by atoms with van der Waals surface area (Å²) in [7, 11) is 0. The van der Waals surface area contributed by atoms with Gasteiger partial charge in [0.05, 0.1) is 11.1 Å². The van der Waals surface area contributed by atoms with Crippen LogP contribution in [0.3, 0.4) is 0 Å². The van der Waals surface area contributed by atoms with Gasteiger partial charge in [0.2, 0.25) is 0 Å². The quantitative estimate of drug-likeness (QED) is 0.739. The van der Waals surface area contributed by atoms with Crippen LogP contribution < -0.4 is 0 Å². The number of benzene rings is 1. The fraction of sp³-hybridized carbons (Fsp3) is 0.300. The van der Waals surface area contributed by atoms with Gasteiger partial charge in [-0.15, -0.1) is 0 Å². The molecule has 0 N–H and O–H groups in total. The van der Waals surface area contributed by atoms with E-state index in [9.17, 15) is 4.79 Å². The molecular formula is C20H20N4O. The van der Waals surface area contributed by atoms with Crippen molar-refractivity contribution in [3.63, 3.8) is 0 Å². The topological polar surface area (TPSA) is 59.0 Å². The van der Waals surface area contributed by atoms with E-state index in [1.165, 1.54) is 17.3 Å². The Hall–Kier alpha value is -2.82. The second-order valence-electron chi connectivity index (χ2n) is 6.56. The molecule has 0 saturated carbocycles. The first-order valence-corrected chi connectivity index (χ1v) is 8.68. The number of rotatable bonds is 3. The van der Waals surface area contributed by atoms with Gasteiger partial charge >= 0.3 is 0 Å². The highest BCUT2D eigenvalue weighted by Crippen LogP contribution is 2.25. The first-order valence-electron chi connectivity index (χ1n) is 8.68. The monoisotopic (exact) mass is 332 g/mol. The number of para-hydroxylation sites is 1. The van der Waals surface area contributed by atoms with Gasteiger partial charge in [0.25, 0.3) is 5.91 Å². The minimum absolute atomic E-state index is 0.0332. The lowest BCUT2D eigenvalue weighted by Gasteiger charge is -2.32. The van der Waals surface area contributed by atoms with Crippen molar-refractivity contribution in [1.29, 1.82) is 0 Å². The van der Waals surface area contributed by atoms with Crippen molar-refractivity contribution in [3.05, 3.63) is 66.4 Å². The molecule has 2 aromatic heterocycles. The fourth-order valence-electron chi connectivity index (χ4n) is 3.58. The van der Waals surface area contributed by atoms with Crippen LogP contribution in [-0.4, -0.2) is 38.8 Å². The molecule has 4 rings (SSSR count). The Balaban J connectivity index is 1.41. The third kappa shape index (κ3) is 3.36. The maximum atomic E-state index is 12.5. The van der Waals surface area contributed by atoms with Crippen molar-refractivity contribution in [1.82, 2.24) is 19.9 Å². The normalized spacial score (nSPS) is 15.4. The summed E-state index contributed by atoms with van der Waals surface area (Å²) in [5, 5.41) is 1.19. The van der Waals surface area contributed by atoms with E-state index < -0.39 is 0 Å². The maximum absolute atomic E-state index is 12.5. The zero-order valence-electron chi connectivity index (χ0n) is 14.0. The van der Waals surface area contributed by atoms with Crippen LogP contribution in [-0.2, 0) is 6.42 Å². The summed E-state index contributed by atoms with van der Waals surface area (Å²) in [6, 6.07) is 10.5. The SMILES string of the molecule is O=C(c1cncnc1)N1CCC(Cc2cccc3cccnc23)CC1. The number of carbonyl (C=O) groups is 1. The number of piperidine rings is 1. The molecule has 1 aromatic carbocycles. The van der Waals surface area contributed by atoms with Gasteiger partial charge in [-0.05, 0) is 36.8 Å². The molecule has 1 aliphatic heterocycles. The van der Waals surface area contributed by atoms with Gasteiger partial charge in [0.15, 0.2) is 0 Å². The highest BCUT2D eigenvalue weighted by Gasteiger charge is 2.24. The van der Waals surface area contributed by atoms with E-state index in [2.05, 4.69) is 39.2 Å². The molecule has 0 spiro atoms. The van der Waals surface area contributed by atoms with Crippen LogP contribution >= 0.6 is 0 Å². The largest absolute Gasteiger partial charge is 0.339 e. The van der Waals surface area contributed by atoms with Crippen LogP contribution in [0.1, 0.15) is 28.8 Å². The predicted molar refractivity (Wildman–Crippen MR) is 96.1 cm³/mol. The van der Waals surface area contributed by atoms with Crippen LogP contribution in [0.5, 0.6) is 0 Å². The second kappa shape index (κ2) is 6.97. The Morgan fingerprint density at radius 3 is 2.64 bits per heavy atom. The molecule has 126 valence electrons. The molecule has 0 unspecified atom stereocenters. The van der Waals surface area contributed by atoms with Gasteiger partial charge in [-0.1, -0.05) is 24.3 Å². The molecule has 1 saturated heterocycles. The molecule has 1 aliphatic rings. The molecule has 3 heterocycles. The number of nitrogens with zero attached hydrogens (tertiary/aromatic N) is 4. The van der Waals surface area contributed by atoms with Crippen molar-refractivity contribution in [3.8, 4) is 0 Å². The number of amides is 1. The number of fused-ring (bicyclic) bond motifs is 1. The molecule has 25 heavy (non-hydrogen) atoms. The van der Waals surface area contributed by atoms with Gasteiger partial charge in [-0.2, -0.15) is 0 Å². The van der Waals surface area contributed by atoms with E-state index >= 15 is 0 Å². The molecular weight excluding hydrogens is 312 g/mol. The predicted octanol–water partition coefficient (Wildman–Crippen LogP) is 3.12. The van der Waals surface area contributed by atoms with Crippen LogP contribution in [0.2, 0.25) is 0 Å². The molecule has 3 aromatic rings. The fourth-order valence-corrected chi connectivity index (χ4v) is 3.58. The molecule has 5 heteroatoms. The Kier molecular flexibility index (Phi) is 4.37. The lowest BCUT2D eigenvalue weighted by Crippen LogP contribution is -2.39. The molecule has 0 radical (unpaired) electrons. The highest BCUT2D eigenvalue weighted by atomic mass is 16.2. The highest BCUT2D eigenvalue weighted by molar-refractivity contribution is 5.93. The smallest absolute Gasteiger partial charge is 0.256 e. The average molecular weight is 332 g/mol. The Morgan fingerprint density at radius 2 is 1.84 bits per heavy atom. The summed E-state index contributed by atoms with van der Waals surface area (Å²) in [6.45, 7) is 1.58. The lowest BCUT2D eigenvalue weighted by atomic mass is 9.89. The Bertz CT molecular complexity index is 868. The summed E-state index contributed by atoms with van der Waals surface area (Å²) >= 11 is 0. The lowest BCUT2D eigenvalue weighted by molar-refractivity contribution is 0.0689. The summed E-state index contributed by atoms with van der Waals surface area (Å²) in [5.41, 5.74) is 2.98. The third-order valence-corrected chi connectivity index (χ3v) is 4.93. The number of likely N-dealkylation sites (tertiary alicyclic amines) is 1. The second-order valence-corrected chi connectivity index (χ2v) is 6.56.